The van der Waals surface area contributed by atoms with Crippen LogP contribution in [0.25, 0.3) is 16.9 Å². The predicted molar refractivity (Wildman–Crippen MR) is 94.0 cm³/mol. The maximum absolute atomic E-state index is 9.17. The van der Waals surface area contributed by atoms with E-state index in [0.29, 0.717) is 12.2 Å². The Kier molecular flexibility index (Phi) is 4.10. The number of nitrogens with zero attached hydrogens (tertiary/aromatic N) is 5. The van der Waals surface area contributed by atoms with Crippen molar-refractivity contribution in [3.63, 3.8) is 0 Å². The lowest BCUT2D eigenvalue weighted by Gasteiger charge is -2.02. The van der Waals surface area contributed by atoms with E-state index in [1.54, 1.807) is 10.9 Å². The van der Waals surface area contributed by atoms with Gasteiger partial charge in [0.1, 0.15) is 5.69 Å². The van der Waals surface area contributed by atoms with Crippen LogP contribution in [-0.4, -0.2) is 29.9 Å². The lowest BCUT2D eigenvalue weighted by molar-refractivity contribution is 0.276. The van der Waals surface area contributed by atoms with Gasteiger partial charge in [0.2, 0.25) is 0 Å². The molecule has 6 heteroatoms. The second kappa shape index (κ2) is 6.70. The molecule has 0 aliphatic rings. The third kappa shape index (κ3) is 3.20. The van der Waals surface area contributed by atoms with Crippen molar-refractivity contribution in [2.75, 3.05) is 0 Å². The fraction of sp³-hybridized carbons (Fsp3) is 0.105. The second-order valence-electron chi connectivity index (χ2n) is 5.71. The molecule has 2 aromatic heterocycles. The van der Waals surface area contributed by atoms with Crippen LogP contribution in [0.1, 0.15) is 11.3 Å². The normalized spacial score (nSPS) is 10.9. The first kappa shape index (κ1) is 15.3. The van der Waals surface area contributed by atoms with Gasteiger partial charge < -0.3 is 5.11 Å². The average Bonchev–Trinajstić information content (AvgIpc) is 3.30. The zero-order valence-electron chi connectivity index (χ0n) is 13.5. The monoisotopic (exact) mass is 331 g/mol. The van der Waals surface area contributed by atoms with Gasteiger partial charge in [0.05, 0.1) is 30.7 Å². The number of hydrogen-bond acceptors (Lipinski definition) is 4. The molecule has 6 nitrogen and oxygen atoms in total. The molecule has 0 saturated carbocycles. The van der Waals surface area contributed by atoms with Crippen LogP contribution in [0.4, 0.5) is 0 Å². The molecule has 2 heterocycles. The lowest BCUT2D eigenvalue weighted by atomic mass is 10.1. The van der Waals surface area contributed by atoms with Crippen molar-refractivity contribution in [1.29, 1.82) is 0 Å². The lowest BCUT2D eigenvalue weighted by Crippen LogP contribution is -2.01. The van der Waals surface area contributed by atoms with E-state index in [4.69, 9.17) is 5.10 Å². The molecule has 0 aliphatic carbocycles. The molecule has 4 aromatic rings. The Hall–Kier alpha value is -3.25. The quantitative estimate of drug-likeness (QED) is 0.610. The number of aliphatic hydroxyl groups is 1. The van der Waals surface area contributed by atoms with Crippen LogP contribution in [0.3, 0.4) is 0 Å². The van der Waals surface area contributed by atoms with Crippen LogP contribution in [0.5, 0.6) is 0 Å². The van der Waals surface area contributed by atoms with E-state index in [1.165, 1.54) is 0 Å². The van der Waals surface area contributed by atoms with Crippen molar-refractivity contribution < 1.29 is 5.11 Å². The minimum absolute atomic E-state index is 0.116. The molecule has 0 bridgehead atoms. The van der Waals surface area contributed by atoms with Crippen molar-refractivity contribution in [1.82, 2.24) is 24.8 Å². The number of rotatable bonds is 5. The number of hydrogen-bond donors (Lipinski definition) is 1. The Labute approximate surface area is 145 Å². The molecule has 0 radical (unpaired) electrons. The Bertz CT molecular complexity index is 960. The Balaban J connectivity index is 1.76. The van der Waals surface area contributed by atoms with Gasteiger partial charge in [-0.1, -0.05) is 53.7 Å². The summed E-state index contributed by atoms with van der Waals surface area (Å²) in [4.78, 5) is 0. The Morgan fingerprint density at radius 1 is 0.880 bits per heavy atom. The zero-order chi connectivity index (χ0) is 17.1. The van der Waals surface area contributed by atoms with Gasteiger partial charge in [0.25, 0.3) is 0 Å². The van der Waals surface area contributed by atoms with Crippen molar-refractivity contribution in [3.8, 4) is 16.9 Å². The molecule has 0 spiro atoms. The molecule has 25 heavy (non-hydrogen) atoms. The van der Waals surface area contributed by atoms with Gasteiger partial charge in [-0.15, -0.1) is 5.10 Å². The topological polar surface area (TPSA) is 68.8 Å². The molecule has 0 amide bonds. The average molecular weight is 331 g/mol. The summed E-state index contributed by atoms with van der Waals surface area (Å²) in [5.41, 5.74) is 4.54. The van der Waals surface area contributed by atoms with Gasteiger partial charge in [0.15, 0.2) is 0 Å². The van der Waals surface area contributed by atoms with E-state index in [2.05, 4.69) is 10.3 Å². The van der Waals surface area contributed by atoms with Crippen molar-refractivity contribution in [2.45, 2.75) is 13.2 Å². The molecular formula is C19H17N5O. The number of aromatic nitrogens is 5. The van der Waals surface area contributed by atoms with Crippen LogP contribution in [0.2, 0.25) is 0 Å². The molecule has 0 atom stereocenters. The minimum Gasteiger partial charge on any atom is -0.390 e. The van der Waals surface area contributed by atoms with E-state index in [0.717, 1.165) is 22.5 Å². The Morgan fingerprint density at radius 3 is 2.28 bits per heavy atom. The van der Waals surface area contributed by atoms with E-state index in [1.807, 2.05) is 71.5 Å². The molecule has 4 rings (SSSR count). The molecule has 0 unspecified atom stereocenters. The SMILES string of the molecule is OCc1cn(Cc2cn(-c3ccccc3)nc2-c2ccccc2)nn1. The largest absolute Gasteiger partial charge is 0.390 e. The molecule has 0 aliphatic heterocycles. The summed E-state index contributed by atoms with van der Waals surface area (Å²) >= 11 is 0. The summed E-state index contributed by atoms with van der Waals surface area (Å²) in [5, 5.41) is 22.0. The molecular weight excluding hydrogens is 314 g/mol. The van der Waals surface area contributed by atoms with E-state index < -0.39 is 0 Å². The fourth-order valence-electron chi connectivity index (χ4n) is 2.74. The van der Waals surface area contributed by atoms with Gasteiger partial charge in [-0.2, -0.15) is 5.10 Å². The van der Waals surface area contributed by atoms with E-state index >= 15 is 0 Å². The first-order chi connectivity index (χ1) is 12.3. The summed E-state index contributed by atoms with van der Waals surface area (Å²) < 4.78 is 3.59. The van der Waals surface area contributed by atoms with Crippen LogP contribution >= 0.6 is 0 Å². The van der Waals surface area contributed by atoms with Crippen molar-refractivity contribution >= 4 is 0 Å². The van der Waals surface area contributed by atoms with E-state index in [9.17, 15) is 5.11 Å². The van der Waals surface area contributed by atoms with Gasteiger partial charge in [0, 0.05) is 17.3 Å². The Morgan fingerprint density at radius 2 is 1.60 bits per heavy atom. The second-order valence-corrected chi connectivity index (χ2v) is 5.71. The first-order valence-electron chi connectivity index (χ1n) is 8.03. The maximum atomic E-state index is 9.17. The van der Waals surface area contributed by atoms with Crippen molar-refractivity contribution in [3.05, 3.63) is 84.3 Å². The number of para-hydroxylation sites is 1. The molecule has 1 N–H and O–H groups in total. The first-order valence-corrected chi connectivity index (χ1v) is 8.03. The van der Waals surface area contributed by atoms with Gasteiger partial charge in [-0.05, 0) is 12.1 Å². The number of aliphatic hydroxyl groups excluding tert-OH is 1. The highest BCUT2D eigenvalue weighted by Crippen LogP contribution is 2.24. The summed E-state index contributed by atoms with van der Waals surface area (Å²) in [5.74, 6) is 0. The van der Waals surface area contributed by atoms with Gasteiger partial charge in [-0.3, -0.25) is 0 Å². The smallest absolute Gasteiger partial charge is 0.108 e. The minimum atomic E-state index is -0.116. The molecule has 0 saturated heterocycles. The summed E-state index contributed by atoms with van der Waals surface area (Å²) in [6, 6.07) is 20.1. The van der Waals surface area contributed by atoms with Crippen molar-refractivity contribution in [2.24, 2.45) is 0 Å². The summed E-state index contributed by atoms with van der Waals surface area (Å²) in [6.45, 7) is 0.416. The van der Waals surface area contributed by atoms with Crippen LogP contribution in [0, 0.1) is 0 Å². The van der Waals surface area contributed by atoms with Crippen LogP contribution in [0.15, 0.2) is 73.1 Å². The molecule has 124 valence electrons. The highest BCUT2D eigenvalue weighted by Gasteiger charge is 2.13. The zero-order valence-corrected chi connectivity index (χ0v) is 13.5. The van der Waals surface area contributed by atoms with E-state index in [-0.39, 0.29) is 6.61 Å². The summed E-state index contributed by atoms with van der Waals surface area (Å²) in [6.07, 6.45) is 3.76. The van der Waals surface area contributed by atoms with Crippen LogP contribution in [-0.2, 0) is 13.2 Å². The maximum Gasteiger partial charge on any atom is 0.108 e. The third-order valence-corrected chi connectivity index (χ3v) is 3.94. The third-order valence-electron chi connectivity index (χ3n) is 3.94. The number of benzene rings is 2. The van der Waals surface area contributed by atoms with Crippen LogP contribution < -0.4 is 0 Å². The predicted octanol–water partition coefficient (Wildman–Crippen LogP) is 2.67. The fourth-order valence-corrected chi connectivity index (χ4v) is 2.74. The van der Waals surface area contributed by atoms with Gasteiger partial charge >= 0.3 is 0 Å². The molecule has 0 fully saturated rings. The highest BCUT2D eigenvalue weighted by molar-refractivity contribution is 5.63. The molecule has 2 aromatic carbocycles. The highest BCUT2D eigenvalue weighted by atomic mass is 16.3. The standard InChI is InChI=1S/C19H17N5O/c25-14-17-13-23(22-20-17)11-16-12-24(18-9-5-2-6-10-18)21-19(16)15-7-3-1-4-8-15/h1-10,12-13,25H,11,14H2. The van der Waals surface area contributed by atoms with Gasteiger partial charge in [-0.25, -0.2) is 9.36 Å². The summed E-state index contributed by atoms with van der Waals surface area (Å²) in [7, 11) is 0.